The molecule has 0 radical (unpaired) electrons. The zero-order valence-corrected chi connectivity index (χ0v) is 12.5. The van der Waals surface area contributed by atoms with Crippen molar-refractivity contribution in [3.63, 3.8) is 0 Å². The first-order chi connectivity index (χ1) is 9.28. The highest BCUT2D eigenvalue weighted by Crippen LogP contribution is 2.03. The highest BCUT2D eigenvalue weighted by Gasteiger charge is 2.23. The van der Waals surface area contributed by atoms with Gasteiger partial charge in [0, 0.05) is 6.54 Å². The predicted octanol–water partition coefficient (Wildman–Crippen LogP) is -0.397. The van der Waals surface area contributed by atoms with Gasteiger partial charge < -0.3 is 16.6 Å². The third-order valence-corrected chi connectivity index (χ3v) is 4.05. The van der Waals surface area contributed by atoms with Crippen LogP contribution < -0.4 is 16.2 Å². The van der Waals surface area contributed by atoms with Gasteiger partial charge in [-0.1, -0.05) is 19.8 Å². The van der Waals surface area contributed by atoms with E-state index in [-0.39, 0.29) is 24.7 Å². The number of carboxylic acid groups (broad SMARTS) is 1. The van der Waals surface area contributed by atoms with Crippen LogP contribution in [-0.2, 0) is 14.8 Å². The molecule has 0 spiro atoms. The highest BCUT2D eigenvalue weighted by atomic mass is 32.2. The van der Waals surface area contributed by atoms with Gasteiger partial charge in [-0.15, -0.1) is 0 Å². The molecule has 0 aromatic carbocycles. The summed E-state index contributed by atoms with van der Waals surface area (Å²) in [7, 11) is -3.57. The van der Waals surface area contributed by atoms with Gasteiger partial charge in [0.15, 0.2) is 5.96 Å². The standard InChI is InChI=1S/C11H24N4O4S/c1-2-3-4-8-20(18,19)15-9(10(16)17)6-5-7-14-11(12)13/h9,15H,2-8H2,1H3,(H,16,17)(H4,12,13,14). The third kappa shape index (κ3) is 9.56. The average molecular weight is 308 g/mol. The van der Waals surface area contributed by atoms with Crippen LogP contribution in [0.4, 0.5) is 0 Å². The quantitative estimate of drug-likeness (QED) is 0.232. The van der Waals surface area contributed by atoms with E-state index in [2.05, 4.69) is 9.71 Å². The molecule has 0 saturated carbocycles. The molecule has 1 atom stereocenters. The van der Waals surface area contributed by atoms with Crippen LogP contribution in [-0.4, -0.2) is 43.8 Å². The summed E-state index contributed by atoms with van der Waals surface area (Å²) in [6, 6.07) is -1.14. The lowest BCUT2D eigenvalue weighted by atomic mass is 10.2. The molecule has 0 bridgehead atoms. The lowest BCUT2D eigenvalue weighted by Gasteiger charge is -2.14. The maximum absolute atomic E-state index is 11.7. The summed E-state index contributed by atoms with van der Waals surface area (Å²) >= 11 is 0. The molecular weight excluding hydrogens is 284 g/mol. The fourth-order valence-corrected chi connectivity index (χ4v) is 2.91. The molecule has 1 unspecified atom stereocenters. The summed E-state index contributed by atoms with van der Waals surface area (Å²) < 4.78 is 25.6. The second kappa shape index (κ2) is 9.54. The molecule has 118 valence electrons. The first-order valence-corrected chi connectivity index (χ1v) is 8.22. The maximum Gasteiger partial charge on any atom is 0.321 e. The molecule has 0 aromatic heterocycles. The largest absolute Gasteiger partial charge is 0.480 e. The Labute approximate surface area is 119 Å². The van der Waals surface area contributed by atoms with Crippen molar-refractivity contribution in [1.82, 2.24) is 4.72 Å². The lowest BCUT2D eigenvalue weighted by Crippen LogP contribution is -2.41. The molecule has 20 heavy (non-hydrogen) atoms. The van der Waals surface area contributed by atoms with Crippen molar-refractivity contribution >= 4 is 22.0 Å². The van der Waals surface area contributed by atoms with Gasteiger partial charge in [-0.05, 0) is 19.3 Å². The number of nitrogens with one attached hydrogen (secondary N) is 1. The molecule has 0 saturated heterocycles. The van der Waals surface area contributed by atoms with Gasteiger partial charge in [0.25, 0.3) is 0 Å². The van der Waals surface area contributed by atoms with Crippen LogP contribution in [0, 0.1) is 0 Å². The van der Waals surface area contributed by atoms with Gasteiger partial charge >= 0.3 is 5.97 Å². The molecule has 8 nitrogen and oxygen atoms in total. The maximum atomic E-state index is 11.7. The Morgan fingerprint density at radius 1 is 1.30 bits per heavy atom. The smallest absolute Gasteiger partial charge is 0.321 e. The number of hydrogen-bond donors (Lipinski definition) is 4. The minimum absolute atomic E-state index is 0.0570. The number of unbranched alkanes of at least 4 members (excludes halogenated alkanes) is 2. The van der Waals surface area contributed by atoms with E-state index in [1.165, 1.54) is 0 Å². The van der Waals surface area contributed by atoms with Crippen LogP contribution in [0.3, 0.4) is 0 Å². The molecule has 0 rings (SSSR count). The lowest BCUT2D eigenvalue weighted by molar-refractivity contribution is -0.139. The molecule has 0 aromatic rings. The summed E-state index contributed by atoms with van der Waals surface area (Å²) in [5.74, 6) is -1.33. The number of nitrogens with two attached hydrogens (primary N) is 2. The van der Waals surface area contributed by atoms with Crippen molar-refractivity contribution in [1.29, 1.82) is 0 Å². The van der Waals surface area contributed by atoms with Gasteiger partial charge in [0.2, 0.25) is 10.0 Å². The number of aliphatic imine (C=N–C) groups is 1. The fraction of sp³-hybridized carbons (Fsp3) is 0.818. The Balaban J connectivity index is 4.32. The summed E-state index contributed by atoms with van der Waals surface area (Å²) in [6.07, 6.45) is 2.73. The van der Waals surface area contributed by atoms with E-state index < -0.39 is 22.0 Å². The molecule has 9 heteroatoms. The second-order valence-electron chi connectivity index (χ2n) is 4.48. The molecule has 0 aliphatic rings. The number of carboxylic acids is 1. The number of guanidine groups is 1. The molecule has 0 aliphatic heterocycles. The van der Waals surface area contributed by atoms with E-state index in [0.29, 0.717) is 12.8 Å². The average Bonchev–Trinajstić information content (AvgIpc) is 2.32. The molecular formula is C11H24N4O4S. The summed E-state index contributed by atoms with van der Waals surface area (Å²) in [4.78, 5) is 14.7. The third-order valence-electron chi connectivity index (χ3n) is 2.58. The van der Waals surface area contributed by atoms with E-state index in [1.54, 1.807) is 0 Å². The fourth-order valence-electron chi connectivity index (χ4n) is 1.55. The Hall–Kier alpha value is -1.35. The summed E-state index contributed by atoms with van der Waals surface area (Å²) in [6.45, 7) is 2.23. The van der Waals surface area contributed by atoms with Gasteiger partial charge in [-0.2, -0.15) is 0 Å². The summed E-state index contributed by atoms with van der Waals surface area (Å²) in [5.41, 5.74) is 10.3. The summed E-state index contributed by atoms with van der Waals surface area (Å²) in [5, 5.41) is 9.00. The van der Waals surface area contributed by atoms with Crippen molar-refractivity contribution in [2.75, 3.05) is 12.3 Å². The zero-order chi connectivity index (χ0) is 15.6. The zero-order valence-electron chi connectivity index (χ0n) is 11.7. The minimum Gasteiger partial charge on any atom is -0.480 e. The second-order valence-corrected chi connectivity index (χ2v) is 6.36. The van der Waals surface area contributed by atoms with Gasteiger partial charge in [0.05, 0.1) is 5.75 Å². The number of hydrogen-bond acceptors (Lipinski definition) is 4. The highest BCUT2D eigenvalue weighted by molar-refractivity contribution is 7.89. The minimum atomic E-state index is -3.57. The van der Waals surface area contributed by atoms with Crippen molar-refractivity contribution in [3.8, 4) is 0 Å². The first-order valence-electron chi connectivity index (χ1n) is 6.56. The van der Waals surface area contributed by atoms with Crippen molar-refractivity contribution < 1.29 is 18.3 Å². The predicted molar refractivity (Wildman–Crippen MR) is 77.8 cm³/mol. The molecule has 0 aliphatic carbocycles. The van der Waals surface area contributed by atoms with E-state index in [9.17, 15) is 13.2 Å². The van der Waals surface area contributed by atoms with Crippen LogP contribution >= 0.6 is 0 Å². The monoisotopic (exact) mass is 308 g/mol. The normalized spacial score (nSPS) is 12.8. The Morgan fingerprint density at radius 2 is 1.95 bits per heavy atom. The number of sulfonamides is 1. The van der Waals surface area contributed by atoms with Crippen LogP contribution in [0.15, 0.2) is 4.99 Å². The van der Waals surface area contributed by atoms with E-state index >= 15 is 0 Å². The van der Waals surface area contributed by atoms with Crippen molar-refractivity contribution in [2.45, 2.75) is 45.1 Å². The number of nitrogens with zero attached hydrogens (tertiary/aromatic N) is 1. The Kier molecular flexibility index (Phi) is 8.89. The first kappa shape index (κ1) is 18.7. The van der Waals surface area contributed by atoms with E-state index in [1.807, 2.05) is 6.92 Å². The van der Waals surface area contributed by atoms with Crippen LogP contribution in [0.1, 0.15) is 39.0 Å². The molecule has 0 heterocycles. The molecule has 0 fully saturated rings. The van der Waals surface area contributed by atoms with Crippen LogP contribution in [0.25, 0.3) is 0 Å². The number of rotatable bonds is 11. The van der Waals surface area contributed by atoms with Crippen LogP contribution in [0.2, 0.25) is 0 Å². The van der Waals surface area contributed by atoms with Gasteiger partial charge in [0.1, 0.15) is 6.04 Å². The van der Waals surface area contributed by atoms with E-state index in [4.69, 9.17) is 16.6 Å². The molecule has 6 N–H and O–H groups in total. The van der Waals surface area contributed by atoms with Crippen molar-refractivity contribution in [2.24, 2.45) is 16.5 Å². The molecule has 0 amide bonds. The van der Waals surface area contributed by atoms with Crippen LogP contribution in [0.5, 0.6) is 0 Å². The van der Waals surface area contributed by atoms with Gasteiger partial charge in [-0.25, -0.2) is 13.1 Å². The van der Waals surface area contributed by atoms with Gasteiger partial charge in [-0.3, -0.25) is 9.79 Å². The van der Waals surface area contributed by atoms with Crippen molar-refractivity contribution in [3.05, 3.63) is 0 Å². The Bertz CT molecular complexity index is 418. The number of aliphatic carboxylic acids is 1. The van der Waals surface area contributed by atoms with E-state index in [0.717, 1.165) is 12.8 Å². The topological polar surface area (TPSA) is 148 Å². The number of carbonyl (C=O) groups is 1. The Morgan fingerprint density at radius 3 is 2.45 bits per heavy atom. The SMILES string of the molecule is CCCCCS(=O)(=O)NC(CCCN=C(N)N)C(=O)O.